The summed E-state index contributed by atoms with van der Waals surface area (Å²) in [4.78, 5) is 35.5. The van der Waals surface area contributed by atoms with Crippen molar-refractivity contribution in [1.82, 2.24) is 5.32 Å². The smallest absolute Gasteiger partial charge is 0.338 e. The Bertz CT molecular complexity index is 758. The minimum Gasteiger partial charge on any atom is -0.462 e. The predicted octanol–water partition coefficient (Wildman–Crippen LogP) is 2.94. The molecule has 0 aliphatic rings. The lowest BCUT2D eigenvalue weighted by atomic mass is 10.1. The van der Waals surface area contributed by atoms with Crippen molar-refractivity contribution in [3.8, 4) is 0 Å². The third kappa shape index (κ3) is 7.32. The number of esters is 1. The van der Waals surface area contributed by atoms with E-state index in [-0.39, 0.29) is 37.2 Å². The van der Waals surface area contributed by atoms with Crippen LogP contribution in [0.1, 0.15) is 35.7 Å². The Labute approximate surface area is 158 Å². The highest BCUT2D eigenvalue weighted by molar-refractivity contribution is 5.93. The fourth-order valence-electron chi connectivity index (χ4n) is 2.35. The van der Waals surface area contributed by atoms with Gasteiger partial charge >= 0.3 is 5.97 Å². The lowest BCUT2D eigenvalue weighted by Gasteiger charge is -2.08. The molecular weight excluding hydrogens is 344 g/mol. The number of carbonyl (C=O) groups excluding carboxylic acids is 3. The van der Waals surface area contributed by atoms with Crippen LogP contribution in [0.3, 0.4) is 0 Å². The molecule has 2 amide bonds. The van der Waals surface area contributed by atoms with Gasteiger partial charge < -0.3 is 15.4 Å². The first-order valence-electron chi connectivity index (χ1n) is 8.96. The number of hydrogen-bond donors (Lipinski definition) is 2. The van der Waals surface area contributed by atoms with Gasteiger partial charge in [0.2, 0.25) is 11.8 Å². The zero-order valence-electron chi connectivity index (χ0n) is 15.4. The Morgan fingerprint density at radius 3 is 2.30 bits per heavy atom. The number of carbonyl (C=O) groups is 3. The topological polar surface area (TPSA) is 84.5 Å². The van der Waals surface area contributed by atoms with Gasteiger partial charge in [-0.15, -0.1) is 0 Å². The van der Waals surface area contributed by atoms with Gasteiger partial charge in [0.1, 0.15) is 0 Å². The summed E-state index contributed by atoms with van der Waals surface area (Å²) in [5.74, 6) is -0.712. The Morgan fingerprint density at radius 1 is 0.926 bits per heavy atom. The van der Waals surface area contributed by atoms with Crippen molar-refractivity contribution >= 4 is 23.5 Å². The lowest BCUT2D eigenvalue weighted by Crippen LogP contribution is -2.28. The molecule has 0 aromatic heterocycles. The minimum absolute atomic E-state index is 0.121. The van der Waals surface area contributed by atoms with Gasteiger partial charge in [-0.05, 0) is 36.2 Å². The number of hydrogen-bond acceptors (Lipinski definition) is 4. The molecule has 0 aliphatic carbocycles. The Hall–Kier alpha value is -3.15. The van der Waals surface area contributed by atoms with Crippen molar-refractivity contribution in [2.45, 2.75) is 26.2 Å². The van der Waals surface area contributed by atoms with E-state index in [1.807, 2.05) is 37.3 Å². The molecule has 0 spiro atoms. The highest BCUT2D eigenvalue weighted by atomic mass is 16.5. The maximum Gasteiger partial charge on any atom is 0.338 e. The van der Waals surface area contributed by atoms with Crippen molar-refractivity contribution in [2.24, 2.45) is 0 Å². The molecule has 0 atom stereocenters. The van der Waals surface area contributed by atoms with Crippen molar-refractivity contribution in [3.63, 3.8) is 0 Å². The SMILES string of the molecule is CCCOC(=O)c1ccc(NC(=O)CCNC(=O)Cc2ccccc2)cc1. The van der Waals surface area contributed by atoms with Gasteiger partial charge in [-0.3, -0.25) is 9.59 Å². The van der Waals surface area contributed by atoms with E-state index < -0.39 is 0 Å². The molecule has 6 nitrogen and oxygen atoms in total. The molecule has 0 saturated carbocycles. The number of ether oxygens (including phenoxy) is 1. The van der Waals surface area contributed by atoms with Gasteiger partial charge in [0, 0.05) is 18.7 Å². The summed E-state index contributed by atoms with van der Waals surface area (Å²) in [5, 5.41) is 5.46. The number of amides is 2. The van der Waals surface area contributed by atoms with E-state index >= 15 is 0 Å². The quantitative estimate of drug-likeness (QED) is 0.667. The van der Waals surface area contributed by atoms with Gasteiger partial charge in [-0.2, -0.15) is 0 Å². The van der Waals surface area contributed by atoms with Crippen molar-refractivity contribution in [2.75, 3.05) is 18.5 Å². The third-order valence-electron chi connectivity index (χ3n) is 3.72. The zero-order valence-corrected chi connectivity index (χ0v) is 15.4. The number of rotatable bonds is 9. The van der Waals surface area contributed by atoms with E-state index in [1.54, 1.807) is 24.3 Å². The van der Waals surface area contributed by atoms with Crippen LogP contribution in [0.5, 0.6) is 0 Å². The van der Waals surface area contributed by atoms with Crippen molar-refractivity contribution < 1.29 is 19.1 Å². The Balaban J connectivity index is 1.70. The molecule has 0 heterocycles. The van der Waals surface area contributed by atoms with E-state index in [0.717, 1.165) is 12.0 Å². The summed E-state index contributed by atoms with van der Waals surface area (Å²) in [5.41, 5.74) is 1.95. The summed E-state index contributed by atoms with van der Waals surface area (Å²) in [6.07, 6.45) is 1.22. The summed E-state index contributed by atoms with van der Waals surface area (Å²) in [7, 11) is 0. The minimum atomic E-state index is -0.379. The molecule has 2 aromatic rings. The molecule has 0 radical (unpaired) electrons. The lowest BCUT2D eigenvalue weighted by molar-refractivity contribution is -0.120. The van der Waals surface area contributed by atoms with Crippen LogP contribution in [0.4, 0.5) is 5.69 Å². The number of nitrogens with one attached hydrogen (secondary N) is 2. The van der Waals surface area contributed by atoms with Crippen LogP contribution < -0.4 is 10.6 Å². The highest BCUT2D eigenvalue weighted by Gasteiger charge is 2.08. The van der Waals surface area contributed by atoms with Crippen LogP contribution in [-0.2, 0) is 20.7 Å². The molecule has 6 heteroatoms. The molecule has 0 fully saturated rings. The second-order valence-electron chi connectivity index (χ2n) is 6.02. The molecule has 2 N–H and O–H groups in total. The van der Waals surface area contributed by atoms with Gasteiger partial charge in [0.15, 0.2) is 0 Å². The fourth-order valence-corrected chi connectivity index (χ4v) is 2.35. The second-order valence-corrected chi connectivity index (χ2v) is 6.02. The van der Waals surface area contributed by atoms with Crippen LogP contribution in [0.25, 0.3) is 0 Å². The summed E-state index contributed by atoms with van der Waals surface area (Å²) >= 11 is 0. The average molecular weight is 368 g/mol. The largest absolute Gasteiger partial charge is 0.462 e. The standard InChI is InChI=1S/C21H24N2O4/c1-2-14-27-21(26)17-8-10-18(11-9-17)23-19(24)12-13-22-20(25)15-16-6-4-3-5-7-16/h3-11H,2,12-15H2,1H3,(H,22,25)(H,23,24). The van der Waals surface area contributed by atoms with Crippen molar-refractivity contribution in [1.29, 1.82) is 0 Å². The molecule has 142 valence electrons. The highest BCUT2D eigenvalue weighted by Crippen LogP contribution is 2.11. The third-order valence-corrected chi connectivity index (χ3v) is 3.72. The first-order valence-corrected chi connectivity index (χ1v) is 8.96. The van der Waals surface area contributed by atoms with Crippen LogP contribution in [0, 0.1) is 0 Å². The predicted molar refractivity (Wildman–Crippen MR) is 103 cm³/mol. The average Bonchev–Trinajstić information content (AvgIpc) is 2.67. The molecule has 0 bridgehead atoms. The fraction of sp³-hybridized carbons (Fsp3) is 0.286. The Kier molecular flexibility index (Phi) is 8.03. The maximum atomic E-state index is 12.0. The number of anilines is 1. The van der Waals surface area contributed by atoms with E-state index in [2.05, 4.69) is 10.6 Å². The van der Waals surface area contributed by atoms with Crippen LogP contribution in [0.15, 0.2) is 54.6 Å². The van der Waals surface area contributed by atoms with Crippen molar-refractivity contribution in [3.05, 3.63) is 65.7 Å². The molecule has 0 unspecified atom stereocenters. The van der Waals surface area contributed by atoms with Crippen LogP contribution in [0.2, 0.25) is 0 Å². The van der Waals surface area contributed by atoms with Gasteiger partial charge in [0.05, 0.1) is 18.6 Å². The summed E-state index contributed by atoms with van der Waals surface area (Å²) < 4.78 is 5.05. The monoisotopic (exact) mass is 368 g/mol. The van der Waals surface area contributed by atoms with E-state index in [0.29, 0.717) is 17.9 Å². The first kappa shape index (κ1) is 20.2. The maximum absolute atomic E-state index is 12.0. The molecule has 2 rings (SSSR count). The second kappa shape index (κ2) is 10.8. The van der Waals surface area contributed by atoms with Crippen LogP contribution >= 0.6 is 0 Å². The molecular formula is C21H24N2O4. The normalized spacial score (nSPS) is 10.1. The molecule has 0 aliphatic heterocycles. The summed E-state index contributed by atoms with van der Waals surface area (Å²) in [6.45, 7) is 2.57. The first-order chi connectivity index (χ1) is 13.1. The van der Waals surface area contributed by atoms with Gasteiger partial charge in [-0.1, -0.05) is 37.3 Å². The summed E-state index contributed by atoms with van der Waals surface area (Å²) in [6, 6.07) is 15.9. The molecule has 2 aromatic carbocycles. The van der Waals surface area contributed by atoms with E-state index in [4.69, 9.17) is 4.74 Å². The van der Waals surface area contributed by atoms with E-state index in [1.165, 1.54) is 0 Å². The number of benzene rings is 2. The molecule has 27 heavy (non-hydrogen) atoms. The van der Waals surface area contributed by atoms with E-state index in [9.17, 15) is 14.4 Å². The zero-order chi connectivity index (χ0) is 19.5. The van der Waals surface area contributed by atoms with Gasteiger partial charge in [0.25, 0.3) is 0 Å². The molecule has 0 saturated heterocycles. The van der Waals surface area contributed by atoms with Gasteiger partial charge in [-0.25, -0.2) is 4.79 Å². The van der Waals surface area contributed by atoms with Crippen LogP contribution in [-0.4, -0.2) is 30.9 Å². The Morgan fingerprint density at radius 2 is 1.63 bits per heavy atom.